The molecule has 2 atom stereocenters. The second-order valence-corrected chi connectivity index (χ2v) is 4.58. The molecular weight excluding hydrogens is 263 g/mol. The van der Waals surface area contributed by atoms with Gasteiger partial charge in [-0.3, -0.25) is 0 Å². The Kier molecular flexibility index (Phi) is 2.37. The lowest BCUT2D eigenvalue weighted by Gasteiger charge is -1.98. The van der Waals surface area contributed by atoms with Crippen LogP contribution in [0, 0.1) is 9.49 Å². The van der Waals surface area contributed by atoms with E-state index in [1.807, 2.05) is 0 Å². The number of hydrogen-bond donors (Lipinski definition) is 1. The van der Waals surface area contributed by atoms with Crippen molar-refractivity contribution in [1.29, 1.82) is 0 Å². The van der Waals surface area contributed by atoms with Gasteiger partial charge in [-0.1, -0.05) is 12.1 Å². The van der Waals surface area contributed by atoms with Crippen LogP contribution < -0.4 is 0 Å². The Labute approximate surface area is 85.9 Å². The van der Waals surface area contributed by atoms with Gasteiger partial charge in [0.1, 0.15) is 0 Å². The minimum absolute atomic E-state index is 0.344. The van der Waals surface area contributed by atoms with Crippen molar-refractivity contribution in [3.8, 4) is 0 Å². The minimum Gasteiger partial charge on any atom is -0.396 e. The molecule has 12 heavy (non-hydrogen) atoms. The Hall–Kier alpha value is -0.0900. The molecule has 0 aromatic heterocycles. The average molecular weight is 274 g/mol. The minimum atomic E-state index is 0.344. The Morgan fingerprint density at radius 2 is 2.00 bits per heavy atom. The predicted octanol–water partition coefficient (Wildman–Crippen LogP) is 2.39. The van der Waals surface area contributed by atoms with Gasteiger partial charge in [-0.15, -0.1) is 0 Å². The fourth-order valence-corrected chi connectivity index (χ4v) is 1.93. The highest BCUT2D eigenvalue weighted by molar-refractivity contribution is 14.1. The molecule has 1 nitrogen and oxygen atoms in total. The zero-order valence-electron chi connectivity index (χ0n) is 6.70. The summed E-state index contributed by atoms with van der Waals surface area (Å²) in [6.45, 7) is 0.344. The second kappa shape index (κ2) is 3.34. The van der Waals surface area contributed by atoms with E-state index in [0.717, 1.165) is 6.42 Å². The first-order chi connectivity index (χ1) is 5.81. The summed E-state index contributed by atoms with van der Waals surface area (Å²) in [4.78, 5) is 0. The number of halogens is 1. The summed E-state index contributed by atoms with van der Waals surface area (Å²) in [7, 11) is 0. The van der Waals surface area contributed by atoms with Gasteiger partial charge in [-0.2, -0.15) is 0 Å². The number of benzene rings is 1. The molecular formula is C10H11IO. The molecule has 0 unspecified atom stereocenters. The molecule has 0 spiro atoms. The van der Waals surface area contributed by atoms with Crippen molar-refractivity contribution in [3.63, 3.8) is 0 Å². The number of hydrogen-bond acceptors (Lipinski definition) is 1. The van der Waals surface area contributed by atoms with Gasteiger partial charge in [0.25, 0.3) is 0 Å². The molecule has 64 valence electrons. The third-order valence-corrected chi connectivity index (χ3v) is 3.17. The summed E-state index contributed by atoms with van der Waals surface area (Å²) < 4.78 is 1.28. The lowest BCUT2D eigenvalue weighted by atomic mass is 10.1. The number of rotatable bonds is 2. The summed E-state index contributed by atoms with van der Waals surface area (Å²) in [6, 6.07) is 8.59. The summed E-state index contributed by atoms with van der Waals surface area (Å²) in [6.07, 6.45) is 1.16. The van der Waals surface area contributed by atoms with E-state index in [2.05, 4.69) is 46.9 Å². The van der Waals surface area contributed by atoms with Crippen molar-refractivity contribution in [1.82, 2.24) is 0 Å². The largest absolute Gasteiger partial charge is 0.396 e. The van der Waals surface area contributed by atoms with Crippen LogP contribution in [0.4, 0.5) is 0 Å². The Balaban J connectivity index is 2.10. The van der Waals surface area contributed by atoms with Crippen molar-refractivity contribution in [3.05, 3.63) is 33.4 Å². The summed E-state index contributed by atoms with van der Waals surface area (Å²) in [5.74, 6) is 1.16. The van der Waals surface area contributed by atoms with E-state index in [9.17, 15) is 0 Å². The van der Waals surface area contributed by atoms with Crippen molar-refractivity contribution >= 4 is 22.6 Å². The first kappa shape index (κ1) is 8.51. The SMILES string of the molecule is OC[C@@H]1C[C@H]1c1ccc(I)cc1. The molecule has 1 saturated carbocycles. The third kappa shape index (κ3) is 1.64. The van der Waals surface area contributed by atoms with Gasteiger partial charge in [0.2, 0.25) is 0 Å². The quantitative estimate of drug-likeness (QED) is 0.821. The van der Waals surface area contributed by atoms with Crippen molar-refractivity contribution in [2.45, 2.75) is 12.3 Å². The normalized spacial score (nSPS) is 27.2. The van der Waals surface area contributed by atoms with Gasteiger partial charge in [-0.05, 0) is 58.5 Å². The van der Waals surface area contributed by atoms with Crippen molar-refractivity contribution in [2.24, 2.45) is 5.92 Å². The molecule has 1 aromatic rings. The molecule has 1 aliphatic rings. The number of aliphatic hydroxyl groups excluding tert-OH is 1. The average Bonchev–Trinajstić information content (AvgIpc) is 2.85. The van der Waals surface area contributed by atoms with Gasteiger partial charge < -0.3 is 5.11 Å². The molecule has 0 saturated heterocycles. The van der Waals surface area contributed by atoms with E-state index < -0.39 is 0 Å². The van der Waals surface area contributed by atoms with Crippen LogP contribution in [-0.4, -0.2) is 11.7 Å². The number of aliphatic hydroxyl groups is 1. The summed E-state index contributed by atoms with van der Waals surface area (Å²) in [5, 5.41) is 8.89. The maximum atomic E-state index is 8.89. The van der Waals surface area contributed by atoms with Crippen LogP contribution in [0.2, 0.25) is 0 Å². The van der Waals surface area contributed by atoms with E-state index in [1.54, 1.807) is 0 Å². The molecule has 0 heterocycles. The van der Waals surface area contributed by atoms with E-state index in [0.29, 0.717) is 18.4 Å². The van der Waals surface area contributed by atoms with Crippen LogP contribution in [0.1, 0.15) is 17.9 Å². The third-order valence-electron chi connectivity index (χ3n) is 2.46. The van der Waals surface area contributed by atoms with Crippen molar-refractivity contribution < 1.29 is 5.11 Å². The van der Waals surface area contributed by atoms with Crippen molar-refractivity contribution in [2.75, 3.05) is 6.61 Å². The zero-order chi connectivity index (χ0) is 8.55. The Morgan fingerprint density at radius 1 is 1.33 bits per heavy atom. The molecule has 2 heteroatoms. The van der Waals surface area contributed by atoms with Crippen LogP contribution >= 0.6 is 22.6 Å². The molecule has 1 fully saturated rings. The van der Waals surface area contributed by atoms with E-state index in [4.69, 9.17) is 5.11 Å². The Bertz CT molecular complexity index is 268. The highest BCUT2D eigenvalue weighted by Crippen LogP contribution is 2.46. The standard InChI is InChI=1S/C10H11IO/c11-9-3-1-7(2-4-9)10-5-8(10)6-12/h1-4,8,10,12H,5-6H2/t8-,10-/m0/s1. The maximum Gasteiger partial charge on any atom is 0.0465 e. The van der Waals surface area contributed by atoms with Gasteiger partial charge in [0.15, 0.2) is 0 Å². The monoisotopic (exact) mass is 274 g/mol. The van der Waals surface area contributed by atoms with Gasteiger partial charge in [-0.25, -0.2) is 0 Å². The molecule has 1 aliphatic carbocycles. The molecule has 0 amide bonds. The Morgan fingerprint density at radius 3 is 2.50 bits per heavy atom. The topological polar surface area (TPSA) is 20.2 Å². The smallest absolute Gasteiger partial charge is 0.0465 e. The van der Waals surface area contributed by atoms with Gasteiger partial charge in [0.05, 0.1) is 0 Å². The molecule has 2 rings (SSSR count). The molecule has 0 aliphatic heterocycles. The van der Waals surface area contributed by atoms with Gasteiger partial charge in [0, 0.05) is 10.2 Å². The fourth-order valence-electron chi connectivity index (χ4n) is 1.57. The van der Waals surface area contributed by atoms with Crippen LogP contribution in [0.25, 0.3) is 0 Å². The lowest BCUT2D eigenvalue weighted by molar-refractivity contribution is 0.274. The lowest BCUT2D eigenvalue weighted by Crippen LogP contribution is -1.88. The highest BCUT2D eigenvalue weighted by Gasteiger charge is 2.37. The van der Waals surface area contributed by atoms with E-state index in [-0.39, 0.29) is 0 Å². The first-order valence-electron chi connectivity index (χ1n) is 4.17. The molecule has 1 N–H and O–H groups in total. The zero-order valence-corrected chi connectivity index (χ0v) is 8.86. The van der Waals surface area contributed by atoms with E-state index in [1.165, 1.54) is 9.13 Å². The predicted molar refractivity (Wildman–Crippen MR) is 57.1 cm³/mol. The van der Waals surface area contributed by atoms with Gasteiger partial charge >= 0.3 is 0 Å². The van der Waals surface area contributed by atoms with Crippen LogP contribution in [0.5, 0.6) is 0 Å². The maximum absolute atomic E-state index is 8.89. The molecule has 0 bridgehead atoms. The molecule has 1 aromatic carbocycles. The molecule has 0 radical (unpaired) electrons. The first-order valence-corrected chi connectivity index (χ1v) is 5.25. The van der Waals surface area contributed by atoms with Crippen LogP contribution in [0.3, 0.4) is 0 Å². The van der Waals surface area contributed by atoms with Crippen LogP contribution in [0.15, 0.2) is 24.3 Å². The highest BCUT2D eigenvalue weighted by atomic mass is 127. The summed E-state index contributed by atoms with van der Waals surface area (Å²) >= 11 is 2.31. The fraction of sp³-hybridized carbons (Fsp3) is 0.400. The second-order valence-electron chi connectivity index (χ2n) is 3.34. The van der Waals surface area contributed by atoms with E-state index >= 15 is 0 Å². The summed E-state index contributed by atoms with van der Waals surface area (Å²) in [5.41, 5.74) is 1.38. The van der Waals surface area contributed by atoms with Crippen LogP contribution in [-0.2, 0) is 0 Å².